The molecule has 0 radical (unpaired) electrons. The molecule has 0 spiro atoms. The molecular weight excluding hydrogens is 292 g/mol. The molecule has 1 fully saturated rings. The van der Waals surface area contributed by atoms with Crippen molar-refractivity contribution >= 4 is 11.9 Å². The Labute approximate surface area is 136 Å². The number of hydrogen-bond donors (Lipinski definition) is 0. The maximum atomic E-state index is 5.17. The van der Waals surface area contributed by atoms with E-state index >= 15 is 0 Å². The van der Waals surface area contributed by atoms with Gasteiger partial charge >= 0.3 is 0 Å². The average molecular weight is 314 g/mol. The van der Waals surface area contributed by atoms with E-state index in [1.807, 2.05) is 13.8 Å². The van der Waals surface area contributed by atoms with Crippen LogP contribution in [-0.2, 0) is 0 Å². The Morgan fingerprint density at radius 3 is 2.00 bits per heavy atom. The van der Waals surface area contributed by atoms with Crippen molar-refractivity contribution in [1.82, 2.24) is 19.9 Å². The molecule has 0 unspecified atom stereocenters. The molecule has 0 aromatic carbocycles. The summed E-state index contributed by atoms with van der Waals surface area (Å²) in [6.07, 6.45) is 1.73. The lowest BCUT2D eigenvalue weighted by atomic mass is 10.2. The van der Waals surface area contributed by atoms with Crippen LogP contribution >= 0.6 is 0 Å². The molecule has 0 atom stereocenters. The fourth-order valence-corrected chi connectivity index (χ4v) is 2.60. The molecule has 0 N–H and O–H groups in total. The molecule has 3 heterocycles. The Bertz CT molecular complexity index is 674. The van der Waals surface area contributed by atoms with Crippen LogP contribution in [0.1, 0.15) is 17.0 Å². The maximum absolute atomic E-state index is 5.17. The highest BCUT2D eigenvalue weighted by Gasteiger charge is 2.21. The number of methoxy groups -OCH3 is 1. The zero-order chi connectivity index (χ0) is 16.4. The minimum atomic E-state index is 0.588. The summed E-state index contributed by atoms with van der Waals surface area (Å²) < 4.78 is 5.17. The van der Waals surface area contributed by atoms with Gasteiger partial charge in [0.25, 0.3) is 0 Å². The summed E-state index contributed by atoms with van der Waals surface area (Å²) in [7, 11) is 1.61. The highest BCUT2D eigenvalue weighted by Crippen LogP contribution is 2.19. The third-order valence-electron chi connectivity index (χ3n) is 4.29. The molecule has 0 bridgehead atoms. The molecule has 0 amide bonds. The van der Waals surface area contributed by atoms with Crippen LogP contribution in [0.4, 0.5) is 11.9 Å². The third-order valence-corrected chi connectivity index (χ3v) is 4.29. The number of ether oxygens (including phenoxy) is 1. The summed E-state index contributed by atoms with van der Waals surface area (Å²) >= 11 is 0. The van der Waals surface area contributed by atoms with Gasteiger partial charge in [0.1, 0.15) is 0 Å². The number of anilines is 2. The molecule has 1 aliphatic rings. The number of aromatic nitrogens is 4. The lowest BCUT2D eigenvalue weighted by molar-refractivity contribution is 0.396. The van der Waals surface area contributed by atoms with Crippen molar-refractivity contribution in [1.29, 1.82) is 0 Å². The van der Waals surface area contributed by atoms with Gasteiger partial charge in [-0.15, -0.1) is 0 Å². The van der Waals surface area contributed by atoms with Gasteiger partial charge in [0.2, 0.25) is 17.8 Å². The Morgan fingerprint density at radius 1 is 0.870 bits per heavy atom. The van der Waals surface area contributed by atoms with E-state index in [1.54, 1.807) is 19.4 Å². The van der Waals surface area contributed by atoms with Crippen molar-refractivity contribution in [3.63, 3.8) is 0 Å². The first-order valence-corrected chi connectivity index (χ1v) is 7.77. The van der Waals surface area contributed by atoms with Crippen molar-refractivity contribution in [2.45, 2.75) is 20.8 Å². The molecule has 7 heteroatoms. The van der Waals surface area contributed by atoms with Gasteiger partial charge in [0.15, 0.2) is 0 Å². The van der Waals surface area contributed by atoms with Gasteiger partial charge in [0.05, 0.1) is 7.11 Å². The van der Waals surface area contributed by atoms with Gasteiger partial charge in [0, 0.05) is 49.8 Å². The molecule has 3 rings (SSSR count). The maximum Gasteiger partial charge on any atom is 0.228 e. The van der Waals surface area contributed by atoms with Crippen LogP contribution in [0, 0.1) is 20.8 Å². The zero-order valence-corrected chi connectivity index (χ0v) is 14.1. The highest BCUT2D eigenvalue weighted by molar-refractivity contribution is 5.40. The van der Waals surface area contributed by atoms with Crippen molar-refractivity contribution in [3.05, 3.63) is 29.2 Å². The molecule has 0 aliphatic carbocycles. The van der Waals surface area contributed by atoms with E-state index in [4.69, 9.17) is 4.74 Å². The quantitative estimate of drug-likeness (QED) is 0.851. The lowest BCUT2D eigenvalue weighted by Crippen LogP contribution is -2.47. The van der Waals surface area contributed by atoms with Gasteiger partial charge < -0.3 is 14.5 Å². The van der Waals surface area contributed by atoms with Crippen LogP contribution in [-0.4, -0.2) is 53.2 Å². The SMILES string of the molecule is COc1ccnc(N2CCN(c3nc(C)c(C)c(C)n3)CC2)n1. The highest BCUT2D eigenvalue weighted by atomic mass is 16.5. The topological polar surface area (TPSA) is 67.3 Å². The first-order chi connectivity index (χ1) is 11.1. The van der Waals surface area contributed by atoms with Crippen LogP contribution in [0.15, 0.2) is 12.3 Å². The van der Waals surface area contributed by atoms with E-state index in [0.717, 1.165) is 49.1 Å². The molecule has 7 nitrogen and oxygen atoms in total. The second kappa shape index (κ2) is 6.36. The van der Waals surface area contributed by atoms with Crippen LogP contribution in [0.2, 0.25) is 0 Å². The Balaban J connectivity index is 1.71. The van der Waals surface area contributed by atoms with E-state index < -0.39 is 0 Å². The molecular formula is C16H22N6O. The van der Waals surface area contributed by atoms with Crippen molar-refractivity contribution in [3.8, 4) is 5.88 Å². The molecule has 23 heavy (non-hydrogen) atoms. The predicted octanol–water partition coefficient (Wildman–Crippen LogP) is 1.53. The first kappa shape index (κ1) is 15.5. The second-order valence-electron chi connectivity index (χ2n) is 5.69. The Hall–Kier alpha value is -2.44. The fraction of sp³-hybridized carbons (Fsp3) is 0.500. The zero-order valence-electron chi connectivity index (χ0n) is 14.1. The Kier molecular flexibility index (Phi) is 4.27. The summed E-state index contributed by atoms with van der Waals surface area (Å²) in [5.74, 6) is 2.11. The number of hydrogen-bond acceptors (Lipinski definition) is 7. The van der Waals surface area contributed by atoms with Crippen LogP contribution in [0.25, 0.3) is 0 Å². The van der Waals surface area contributed by atoms with Gasteiger partial charge in [-0.2, -0.15) is 4.98 Å². The standard InChI is InChI=1S/C16H22N6O/c1-11-12(2)18-16(19-13(11)3)22-9-7-21(8-10-22)15-17-6-5-14(20-15)23-4/h5-6H,7-10H2,1-4H3. The number of nitrogens with zero attached hydrogens (tertiary/aromatic N) is 6. The second-order valence-corrected chi connectivity index (χ2v) is 5.69. The summed E-state index contributed by atoms with van der Waals surface area (Å²) in [5.41, 5.74) is 3.26. The average Bonchev–Trinajstić information content (AvgIpc) is 2.59. The smallest absolute Gasteiger partial charge is 0.228 e. The van der Waals surface area contributed by atoms with Gasteiger partial charge in [-0.05, 0) is 26.3 Å². The number of aryl methyl sites for hydroxylation is 2. The van der Waals surface area contributed by atoms with E-state index in [-0.39, 0.29) is 0 Å². The van der Waals surface area contributed by atoms with Crippen LogP contribution in [0.3, 0.4) is 0 Å². The molecule has 2 aromatic heterocycles. The van der Waals surface area contributed by atoms with Gasteiger partial charge in [-0.3, -0.25) is 0 Å². The normalized spacial score (nSPS) is 15.0. The molecule has 122 valence electrons. The van der Waals surface area contributed by atoms with Crippen molar-refractivity contribution in [2.24, 2.45) is 0 Å². The van der Waals surface area contributed by atoms with E-state index in [0.29, 0.717) is 11.8 Å². The van der Waals surface area contributed by atoms with E-state index in [9.17, 15) is 0 Å². The Morgan fingerprint density at radius 2 is 1.43 bits per heavy atom. The van der Waals surface area contributed by atoms with Crippen LogP contribution in [0.5, 0.6) is 5.88 Å². The third kappa shape index (κ3) is 3.18. The summed E-state index contributed by atoms with van der Waals surface area (Å²) in [5, 5.41) is 0. The summed E-state index contributed by atoms with van der Waals surface area (Å²) in [6.45, 7) is 9.50. The minimum Gasteiger partial charge on any atom is -0.481 e. The molecule has 1 saturated heterocycles. The van der Waals surface area contributed by atoms with Gasteiger partial charge in [-0.25, -0.2) is 15.0 Å². The predicted molar refractivity (Wildman–Crippen MR) is 89.3 cm³/mol. The monoisotopic (exact) mass is 314 g/mol. The van der Waals surface area contributed by atoms with Crippen molar-refractivity contribution in [2.75, 3.05) is 43.1 Å². The lowest BCUT2D eigenvalue weighted by Gasteiger charge is -2.35. The molecule has 1 aliphatic heterocycles. The molecule has 2 aromatic rings. The van der Waals surface area contributed by atoms with Crippen molar-refractivity contribution < 1.29 is 4.74 Å². The molecule has 0 saturated carbocycles. The van der Waals surface area contributed by atoms with E-state index in [1.165, 1.54) is 0 Å². The number of rotatable bonds is 3. The van der Waals surface area contributed by atoms with E-state index in [2.05, 4.69) is 36.7 Å². The first-order valence-electron chi connectivity index (χ1n) is 7.77. The summed E-state index contributed by atoms with van der Waals surface area (Å²) in [6, 6.07) is 1.76. The fourth-order valence-electron chi connectivity index (χ4n) is 2.60. The van der Waals surface area contributed by atoms with Gasteiger partial charge in [-0.1, -0.05) is 0 Å². The number of piperazine rings is 1. The minimum absolute atomic E-state index is 0.588. The largest absolute Gasteiger partial charge is 0.481 e. The van der Waals surface area contributed by atoms with Crippen LogP contribution < -0.4 is 14.5 Å². The summed E-state index contributed by atoms with van der Waals surface area (Å²) in [4.78, 5) is 22.4.